The number of benzene rings is 1. The van der Waals surface area contributed by atoms with E-state index in [0.29, 0.717) is 6.04 Å². The molecule has 2 unspecified atom stereocenters. The summed E-state index contributed by atoms with van der Waals surface area (Å²) in [4.78, 5) is 4.81. The van der Waals surface area contributed by atoms with Crippen molar-refractivity contribution < 1.29 is 4.39 Å². The van der Waals surface area contributed by atoms with Crippen LogP contribution in [-0.4, -0.2) is 49.6 Å². The largest absolute Gasteiger partial charge is 0.324 e. The molecule has 0 spiro atoms. The van der Waals surface area contributed by atoms with Gasteiger partial charge in [-0.25, -0.2) is 4.39 Å². The van der Waals surface area contributed by atoms with Crippen molar-refractivity contribution in [1.82, 2.24) is 9.80 Å². The Hall–Kier alpha value is -0.970. The second-order valence-corrected chi connectivity index (χ2v) is 5.99. The van der Waals surface area contributed by atoms with Crippen LogP contribution in [0.15, 0.2) is 24.3 Å². The summed E-state index contributed by atoms with van der Waals surface area (Å²) < 4.78 is 12.9. The molecule has 1 aromatic carbocycles. The highest BCUT2D eigenvalue weighted by atomic mass is 19.1. The number of hydrogen-bond donors (Lipinski definition) is 1. The Morgan fingerprint density at radius 1 is 1.40 bits per heavy atom. The number of nitrogens with two attached hydrogens (primary N) is 1. The summed E-state index contributed by atoms with van der Waals surface area (Å²) in [6.45, 7) is 3.33. The van der Waals surface area contributed by atoms with Crippen LogP contribution in [0.5, 0.6) is 0 Å². The van der Waals surface area contributed by atoms with Gasteiger partial charge in [-0.15, -0.1) is 0 Å². The van der Waals surface area contributed by atoms with Gasteiger partial charge in [0.1, 0.15) is 5.82 Å². The lowest BCUT2D eigenvalue weighted by molar-refractivity contribution is 0.132. The number of likely N-dealkylation sites (tertiary alicyclic amines) is 1. The first kappa shape index (κ1) is 15.4. The Labute approximate surface area is 121 Å². The molecule has 1 aromatic rings. The minimum atomic E-state index is -0.205. The van der Waals surface area contributed by atoms with Gasteiger partial charge < -0.3 is 15.5 Å². The minimum absolute atomic E-state index is 0.0145. The van der Waals surface area contributed by atoms with Gasteiger partial charge in [-0.3, -0.25) is 0 Å². The van der Waals surface area contributed by atoms with E-state index in [1.165, 1.54) is 31.5 Å². The summed E-state index contributed by atoms with van der Waals surface area (Å²) >= 11 is 0. The number of rotatable bonds is 5. The maximum atomic E-state index is 12.9. The lowest BCUT2D eigenvalue weighted by atomic mass is 10.0. The molecular formula is C16H26FN3. The minimum Gasteiger partial charge on any atom is -0.324 e. The zero-order chi connectivity index (χ0) is 14.5. The van der Waals surface area contributed by atoms with Gasteiger partial charge in [0.2, 0.25) is 0 Å². The molecule has 3 nitrogen and oxygen atoms in total. The monoisotopic (exact) mass is 279 g/mol. The zero-order valence-electron chi connectivity index (χ0n) is 12.6. The molecule has 0 bridgehead atoms. The molecule has 0 aliphatic carbocycles. The van der Waals surface area contributed by atoms with E-state index < -0.39 is 0 Å². The molecule has 2 rings (SSSR count). The number of likely N-dealkylation sites (N-methyl/N-ethyl adjacent to an activating group) is 2. The van der Waals surface area contributed by atoms with Crippen molar-refractivity contribution in [3.63, 3.8) is 0 Å². The number of halogens is 1. The molecule has 2 atom stereocenters. The average Bonchev–Trinajstić information content (AvgIpc) is 2.45. The van der Waals surface area contributed by atoms with Crippen LogP contribution in [0.2, 0.25) is 0 Å². The summed E-state index contributed by atoms with van der Waals surface area (Å²) in [5, 5.41) is 0. The van der Waals surface area contributed by atoms with E-state index in [1.807, 2.05) is 0 Å². The summed E-state index contributed by atoms with van der Waals surface area (Å²) in [5.41, 5.74) is 7.21. The highest BCUT2D eigenvalue weighted by molar-refractivity contribution is 5.19. The van der Waals surface area contributed by atoms with E-state index in [-0.39, 0.29) is 11.9 Å². The van der Waals surface area contributed by atoms with Gasteiger partial charge in [0.15, 0.2) is 0 Å². The van der Waals surface area contributed by atoms with Crippen molar-refractivity contribution >= 4 is 0 Å². The van der Waals surface area contributed by atoms with Crippen LogP contribution in [0, 0.1) is 5.82 Å². The van der Waals surface area contributed by atoms with Crippen LogP contribution in [-0.2, 0) is 0 Å². The van der Waals surface area contributed by atoms with Crippen molar-refractivity contribution in [3.05, 3.63) is 35.6 Å². The summed E-state index contributed by atoms with van der Waals surface area (Å²) in [7, 11) is 4.37. The molecule has 4 heteroatoms. The Kier molecular flexibility index (Phi) is 5.52. The Bertz CT molecular complexity index is 407. The maximum absolute atomic E-state index is 12.9. The highest BCUT2D eigenvalue weighted by Crippen LogP contribution is 2.18. The second kappa shape index (κ2) is 7.16. The molecule has 112 valence electrons. The topological polar surface area (TPSA) is 32.5 Å². The van der Waals surface area contributed by atoms with Gasteiger partial charge in [0, 0.05) is 18.6 Å². The molecule has 1 saturated heterocycles. The van der Waals surface area contributed by atoms with Gasteiger partial charge in [-0.05, 0) is 64.1 Å². The Balaban J connectivity index is 1.80. The molecule has 0 saturated carbocycles. The first-order chi connectivity index (χ1) is 9.56. The molecule has 20 heavy (non-hydrogen) atoms. The number of nitrogens with zero attached hydrogens (tertiary/aromatic N) is 2. The first-order valence-corrected chi connectivity index (χ1v) is 7.46. The fraction of sp³-hybridized carbons (Fsp3) is 0.625. The summed E-state index contributed by atoms with van der Waals surface area (Å²) in [6, 6.07) is 7.15. The molecule has 1 fully saturated rings. The predicted molar refractivity (Wildman–Crippen MR) is 81.1 cm³/mol. The van der Waals surface area contributed by atoms with E-state index in [0.717, 1.165) is 25.1 Å². The van der Waals surface area contributed by atoms with Crippen LogP contribution in [0.1, 0.15) is 30.9 Å². The van der Waals surface area contributed by atoms with Crippen LogP contribution in [0.4, 0.5) is 4.39 Å². The molecule has 1 heterocycles. The van der Waals surface area contributed by atoms with Crippen molar-refractivity contribution in [2.24, 2.45) is 5.73 Å². The average molecular weight is 279 g/mol. The standard InChI is InChI=1S/C16H26FN3/c1-19-10-3-4-15(12-19)20(2)11-9-16(18)13-5-7-14(17)8-6-13/h5-8,15-16H,3-4,9-12,18H2,1-2H3. The van der Waals surface area contributed by atoms with Gasteiger partial charge in [0.25, 0.3) is 0 Å². The van der Waals surface area contributed by atoms with Crippen molar-refractivity contribution in [3.8, 4) is 0 Å². The molecule has 1 aliphatic heterocycles. The van der Waals surface area contributed by atoms with E-state index in [4.69, 9.17) is 5.73 Å². The molecule has 0 amide bonds. The van der Waals surface area contributed by atoms with Crippen LogP contribution >= 0.6 is 0 Å². The van der Waals surface area contributed by atoms with Crippen molar-refractivity contribution in [2.75, 3.05) is 33.7 Å². The third-order valence-electron chi connectivity index (χ3n) is 4.31. The first-order valence-electron chi connectivity index (χ1n) is 7.46. The summed E-state index contributed by atoms with van der Waals surface area (Å²) in [5.74, 6) is -0.205. The molecule has 0 aromatic heterocycles. The zero-order valence-corrected chi connectivity index (χ0v) is 12.6. The molecular weight excluding hydrogens is 253 g/mol. The fourth-order valence-electron chi connectivity index (χ4n) is 2.90. The van der Waals surface area contributed by atoms with Crippen molar-refractivity contribution in [2.45, 2.75) is 31.3 Å². The molecule has 2 N–H and O–H groups in total. The van der Waals surface area contributed by atoms with Crippen LogP contribution in [0.25, 0.3) is 0 Å². The van der Waals surface area contributed by atoms with Gasteiger partial charge in [0.05, 0.1) is 0 Å². The maximum Gasteiger partial charge on any atom is 0.123 e. The third-order valence-corrected chi connectivity index (χ3v) is 4.31. The van der Waals surface area contributed by atoms with Crippen molar-refractivity contribution in [1.29, 1.82) is 0 Å². The predicted octanol–water partition coefficient (Wildman–Crippen LogP) is 2.24. The summed E-state index contributed by atoms with van der Waals surface area (Å²) in [6.07, 6.45) is 3.45. The van der Waals surface area contributed by atoms with Gasteiger partial charge >= 0.3 is 0 Å². The highest BCUT2D eigenvalue weighted by Gasteiger charge is 2.21. The van der Waals surface area contributed by atoms with Gasteiger partial charge in [-0.1, -0.05) is 12.1 Å². The lowest BCUT2D eigenvalue weighted by Gasteiger charge is -2.36. The smallest absolute Gasteiger partial charge is 0.123 e. The van der Waals surface area contributed by atoms with E-state index in [2.05, 4.69) is 23.9 Å². The van der Waals surface area contributed by atoms with E-state index in [9.17, 15) is 4.39 Å². The van der Waals surface area contributed by atoms with E-state index >= 15 is 0 Å². The van der Waals surface area contributed by atoms with Gasteiger partial charge in [-0.2, -0.15) is 0 Å². The number of piperidine rings is 1. The molecule has 1 aliphatic rings. The number of hydrogen-bond acceptors (Lipinski definition) is 3. The normalized spacial score (nSPS) is 22.1. The van der Waals surface area contributed by atoms with Crippen LogP contribution in [0.3, 0.4) is 0 Å². The van der Waals surface area contributed by atoms with E-state index in [1.54, 1.807) is 12.1 Å². The second-order valence-electron chi connectivity index (χ2n) is 5.99. The van der Waals surface area contributed by atoms with Crippen LogP contribution < -0.4 is 5.73 Å². The Morgan fingerprint density at radius 2 is 2.10 bits per heavy atom. The lowest BCUT2D eigenvalue weighted by Crippen LogP contribution is -2.45. The fourth-order valence-corrected chi connectivity index (χ4v) is 2.90. The third kappa shape index (κ3) is 4.27. The molecule has 0 radical (unpaired) electrons. The quantitative estimate of drug-likeness (QED) is 0.897. The Morgan fingerprint density at radius 3 is 2.75 bits per heavy atom. The SMILES string of the molecule is CN1CCCC(N(C)CCC(N)c2ccc(F)cc2)C1.